The quantitative estimate of drug-likeness (QED) is 0.868. The number of carbonyl (C=O) groups is 1. The van der Waals surface area contributed by atoms with Crippen LogP contribution in [0.1, 0.15) is 11.4 Å². The number of para-hydroxylation sites is 1. The van der Waals surface area contributed by atoms with Crippen LogP contribution in [0.5, 0.6) is 5.75 Å². The molecule has 1 heterocycles. The van der Waals surface area contributed by atoms with Crippen molar-refractivity contribution in [2.75, 3.05) is 5.32 Å². The Morgan fingerprint density at radius 1 is 1.17 bits per heavy atom. The van der Waals surface area contributed by atoms with Crippen LogP contribution in [0.25, 0.3) is 0 Å². The zero-order valence-corrected chi connectivity index (χ0v) is 13.8. The normalized spacial score (nSPS) is 10.9. The molecular weight excluding hydrogens is 344 g/mol. The highest BCUT2D eigenvalue weighted by Gasteiger charge is 2.19. The molecule has 0 saturated heterocycles. The van der Waals surface area contributed by atoms with Gasteiger partial charge in [0.15, 0.2) is 5.75 Å². The first-order chi connectivity index (χ1) is 10.7. The van der Waals surface area contributed by atoms with Gasteiger partial charge in [0.05, 0.1) is 5.02 Å². The molecule has 2 N–H and O–H groups in total. The number of aromatic nitrogens is 2. The van der Waals surface area contributed by atoms with E-state index in [-0.39, 0.29) is 16.7 Å². The average Bonchev–Trinajstić information content (AvgIpc) is 2.39. The van der Waals surface area contributed by atoms with Crippen molar-refractivity contribution in [2.24, 2.45) is 0 Å². The number of halogens is 1. The smallest absolute Gasteiger partial charge is 0.365 e. The minimum atomic E-state index is -4.40. The lowest BCUT2D eigenvalue weighted by molar-refractivity contribution is 0.255. The van der Waals surface area contributed by atoms with E-state index in [9.17, 15) is 13.2 Å². The summed E-state index contributed by atoms with van der Waals surface area (Å²) >= 11 is 5.79. The van der Waals surface area contributed by atoms with E-state index in [1.807, 2.05) is 0 Å². The van der Waals surface area contributed by atoms with Gasteiger partial charge < -0.3 is 4.18 Å². The topological polar surface area (TPSA) is 110 Å². The fourth-order valence-electron chi connectivity index (χ4n) is 1.67. The molecule has 0 spiro atoms. The summed E-state index contributed by atoms with van der Waals surface area (Å²) in [6, 6.07) is 6.62. The molecule has 0 aliphatic rings. The molecule has 0 radical (unpaired) electrons. The lowest BCUT2D eigenvalue weighted by atomic mass is 10.3. The second-order valence-corrected chi connectivity index (χ2v) is 6.18. The SMILES string of the molecule is Cc1cc(C)nc(NC(=O)NS(=O)(=O)Oc2ccccc2Cl)n1. The number of benzene rings is 1. The Kier molecular flexibility index (Phi) is 5.02. The lowest BCUT2D eigenvalue weighted by Crippen LogP contribution is -2.37. The van der Waals surface area contributed by atoms with Crippen LogP contribution in [0.3, 0.4) is 0 Å². The Labute approximate surface area is 138 Å². The first-order valence-electron chi connectivity index (χ1n) is 6.35. The van der Waals surface area contributed by atoms with Crippen LogP contribution in [-0.4, -0.2) is 24.4 Å². The number of nitrogens with zero attached hydrogens (tertiary/aromatic N) is 2. The minimum absolute atomic E-state index is 0.0204. The van der Waals surface area contributed by atoms with Gasteiger partial charge in [-0.25, -0.2) is 19.5 Å². The van der Waals surface area contributed by atoms with E-state index in [0.29, 0.717) is 11.4 Å². The molecule has 10 heteroatoms. The summed E-state index contributed by atoms with van der Waals surface area (Å²) in [5, 5.41) is 2.31. The highest BCUT2D eigenvalue weighted by atomic mass is 35.5. The highest BCUT2D eigenvalue weighted by molar-refractivity contribution is 7.85. The third-order valence-corrected chi connectivity index (χ3v) is 3.61. The predicted molar refractivity (Wildman–Crippen MR) is 84.7 cm³/mol. The van der Waals surface area contributed by atoms with Crippen molar-refractivity contribution in [3.63, 3.8) is 0 Å². The van der Waals surface area contributed by atoms with Crippen molar-refractivity contribution in [1.29, 1.82) is 0 Å². The number of amides is 2. The molecule has 0 atom stereocenters. The van der Waals surface area contributed by atoms with Crippen LogP contribution in [0, 0.1) is 13.8 Å². The molecule has 0 aliphatic heterocycles. The maximum atomic E-state index is 11.8. The molecule has 0 unspecified atom stereocenters. The summed E-state index contributed by atoms with van der Waals surface area (Å²) < 4.78 is 30.0. The van der Waals surface area contributed by atoms with E-state index in [4.69, 9.17) is 15.8 Å². The summed E-state index contributed by atoms with van der Waals surface area (Å²) in [7, 11) is -4.40. The second kappa shape index (κ2) is 6.80. The van der Waals surface area contributed by atoms with Gasteiger partial charge in [-0.15, -0.1) is 0 Å². The third kappa shape index (κ3) is 5.08. The highest BCUT2D eigenvalue weighted by Crippen LogP contribution is 2.24. The number of rotatable bonds is 4. The van der Waals surface area contributed by atoms with E-state index in [1.54, 1.807) is 36.8 Å². The van der Waals surface area contributed by atoms with Crippen molar-refractivity contribution >= 4 is 33.9 Å². The number of anilines is 1. The van der Waals surface area contributed by atoms with Crippen LogP contribution in [-0.2, 0) is 10.3 Å². The van der Waals surface area contributed by atoms with Crippen molar-refractivity contribution in [1.82, 2.24) is 14.7 Å². The number of hydrogen-bond donors (Lipinski definition) is 2. The summed E-state index contributed by atoms with van der Waals surface area (Å²) in [4.78, 5) is 19.7. The van der Waals surface area contributed by atoms with Gasteiger partial charge in [-0.2, -0.15) is 8.42 Å². The van der Waals surface area contributed by atoms with E-state index < -0.39 is 16.3 Å². The summed E-state index contributed by atoms with van der Waals surface area (Å²) in [6.45, 7) is 3.43. The van der Waals surface area contributed by atoms with Crippen LogP contribution in [0.15, 0.2) is 30.3 Å². The fraction of sp³-hybridized carbons (Fsp3) is 0.154. The van der Waals surface area contributed by atoms with Gasteiger partial charge in [-0.1, -0.05) is 23.7 Å². The van der Waals surface area contributed by atoms with Crippen LogP contribution < -0.4 is 14.2 Å². The monoisotopic (exact) mass is 356 g/mol. The average molecular weight is 357 g/mol. The van der Waals surface area contributed by atoms with Gasteiger partial charge in [-0.3, -0.25) is 5.32 Å². The first kappa shape index (κ1) is 17.0. The Balaban J connectivity index is 2.05. The van der Waals surface area contributed by atoms with Gasteiger partial charge in [0.1, 0.15) is 0 Å². The van der Waals surface area contributed by atoms with Crippen molar-refractivity contribution < 1.29 is 17.4 Å². The predicted octanol–water partition coefficient (Wildman–Crippen LogP) is 2.19. The number of hydrogen-bond acceptors (Lipinski definition) is 6. The third-order valence-electron chi connectivity index (χ3n) is 2.46. The standard InChI is InChI=1S/C13H13ClN4O4S/c1-8-7-9(2)16-12(15-8)17-13(19)18-23(20,21)22-11-6-4-3-5-10(11)14/h3-7H,1-2H3,(H2,15,16,17,18,19). The molecule has 0 aliphatic carbocycles. The molecule has 0 saturated carbocycles. The number of carbonyl (C=O) groups excluding carboxylic acids is 1. The molecule has 122 valence electrons. The number of nitrogens with one attached hydrogen (secondary N) is 2. The van der Waals surface area contributed by atoms with Gasteiger partial charge in [-0.05, 0) is 32.0 Å². The molecular formula is C13H13ClN4O4S. The lowest BCUT2D eigenvalue weighted by Gasteiger charge is -2.10. The molecule has 2 aromatic rings. The van der Waals surface area contributed by atoms with E-state index in [1.165, 1.54) is 12.1 Å². The van der Waals surface area contributed by atoms with Crippen molar-refractivity contribution in [3.05, 3.63) is 46.7 Å². The van der Waals surface area contributed by atoms with Gasteiger partial charge >= 0.3 is 16.3 Å². The van der Waals surface area contributed by atoms with Gasteiger partial charge in [0, 0.05) is 11.4 Å². The molecule has 2 amide bonds. The molecule has 8 nitrogen and oxygen atoms in total. The molecule has 0 fully saturated rings. The van der Waals surface area contributed by atoms with Crippen molar-refractivity contribution in [2.45, 2.75) is 13.8 Å². The van der Waals surface area contributed by atoms with Crippen LogP contribution >= 0.6 is 11.6 Å². The molecule has 0 bridgehead atoms. The minimum Gasteiger partial charge on any atom is -0.365 e. The molecule has 1 aromatic carbocycles. The van der Waals surface area contributed by atoms with Crippen LogP contribution in [0.2, 0.25) is 5.02 Å². The fourth-order valence-corrected chi connectivity index (χ4v) is 2.60. The summed E-state index contributed by atoms with van der Waals surface area (Å²) in [5.74, 6) is -0.120. The zero-order valence-electron chi connectivity index (χ0n) is 12.2. The largest absolute Gasteiger partial charge is 0.411 e. The van der Waals surface area contributed by atoms with Crippen LogP contribution in [0.4, 0.5) is 10.7 Å². The van der Waals surface area contributed by atoms with E-state index >= 15 is 0 Å². The number of urea groups is 1. The van der Waals surface area contributed by atoms with E-state index in [0.717, 1.165) is 0 Å². The van der Waals surface area contributed by atoms with Gasteiger partial charge in [0.25, 0.3) is 0 Å². The Hall–Kier alpha value is -2.39. The zero-order chi connectivity index (χ0) is 17.0. The summed E-state index contributed by atoms with van der Waals surface area (Å²) in [6.07, 6.45) is 0. The second-order valence-electron chi connectivity index (χ2n) is 4.50. The molecule has 1 aromatic heterocycles. The van der Waals surface area contributed by atoms with Crippen molar-refractivity contribution in [3.8, 4) is 5.75 Å². The number of aryl methyl sites for hydroxylation is 2. The summed E-state index contributed by atoms with van der Waals surface area (Å²) in [5.41, 5.74) is 1.26. The maximum Gasteiger partial charge on any atom is 0.411 e. The maximum absolute atomic E-state index is 11.8. The Bertz CT molecular complexity index is 821. The van der Waals surface area contributed by atoms with Gasteiger partial charge in [0.2, 0.25) is 5.95 Å². The Morgan fingerprint density at radius 2 is 1.78 bits per heavy atom. The Morgan fingerprint density at radius 3 is 2.39 bits per heavy atom. The van der Waals surface area contributed by atoms with E-state index in [2.05, 4.69) is 15.3 Å². The molecule has 2 rings (SSSR count). The first-order valence-corrected chi connectivity index (χ1v) is 8.14. The molecule has 23 heavy (non-hydrogen) atoms.